The second-order valence-electron chi connectivity index (χ2n) is 6.46. The molecule has 0 spiro atoms. The summed E-state index contributed by atoms with van der Waals surface area (Å²) in [5.41, 5.74) is 2.29. The van der Waals surface area contributed by atoms with E-state index in [0.29, 0.717) is 18.0 Å². The van der Waals surface area contributed by atoms with E-state index in [9.17, 15) is 0 Å². The van der Waals surface area contributed by atoms with Crippen LogP contribution in [0.1, 0.15) is 51.8 Å². The highest BCUT2D eigenvalue weighted by Gasteiger charge is 2.29. The monoisotopic (exact) mass is 276 g/mol. The lowest BCUT2D eigenvalue weighted by Crippen LogP contribution is -2.35. The predicted octanol–water partition coefficient (Wildman–Crippen LogP) is 2.91. The second kappa shape index (κ2) is 6.53. The van der Waals surface area contributed by atoms with Crippen LogP contribution in [0.4, 0.5) is 5.95 Å². The lowest BCUT2D eigenvalue weighted by molar-refractivity contribution is 0.486. The summed E-state index contributed by atoms with van der Waals surface area (Å²) < 4.78 is 0. The van der Waals surface area contributed by atoms with E-state index >= 15 is 0 Å². The van der Waals surface area contributed by atoms with Crippen molar-refractivity contribution in [1.82, 2.24) is 15.3 Å². The summed E-state index contributed by atoms with van der Waals surface area (Å²) in [6, 6.07) is 1.08. The van der Waals surface area contributed by atoms with Gasteiger partial charge in [0.25, 0.3) is 0 Å². The van der Waals surface area contributed by atoms with Gasteiger partial charge in [0.15, 0.2) is 0 Å². The molecule has 4 nitrogen and oxygen atoms in total. The first kappa shape index (κ1) is 15.2. The molecule has 20 heavy (non-hydrogen) atoms. The average Bonchev–Trinajstić information content (AvgIpc) is 2.86. The lowest BCUT2D eigenvalue weighted by Gasteiger charge is -2.28. The summed E-state index contributed by atoms with van der Waals surface area (Å²) in [5.74, 6) is 1.57. The first-order valence-corrected chi connectivity index (χ1v) is 7.81. The van der Waals surface area contributed by atoms with Crippen LogP contribution in [-0.4, -0.2) is 28.6 Å². The van der Waals surface area contributed by atoms with Gasteiger partial charge in [-0.15, -0.1) is 0 Å². The molecule has 1 saturated heterocycles. The molecule has 1 unspecified atom stereocenters. The van der Waals surface area contributed by atoms with Gasteiger partial charge >= 0.3 is 0 Å². The van der Waals surface area contributed by atoms with Crippen LogP contribution in [0.3, 0.4) is 0 Å². The van der Waals surface area contributed by atoms with E-state index in [-0.39, 0.29) is 0 Å². The third-order valence-electron chi connectivity index (χ3n) is 4.09. The summed E-state index contributed by atoms with van der Waals surface area (Å²) in [5, 5.41) is 3.43. The molecule has 1 atom stereocenters. The van der Waals surface area contributed by atoms with Gasteiger partial charge in [0.2, 0.25) is 5.95 Å². The third kappa shape index (κ3) is 3.48. The fourth-order valence-electron chi connectivity index (χ4n) is 2.84. The van der Waals surface area contributed by atoms with Gasteiger partial charge in [0, 0.05) is 42.6 Å². The Balaban J connectivity index is 2.12. The van der Waals surface area contributed by atoms with E-state index in [0.717, 1.165) is 24.7 Å². The molecule has 2 heterocycles. The largest absolute Gasteiger partial charge is 0.338 e. The molecule has 0 aliphatic carbocycles. The van der Waals surface area contributed by atoms with E-state index in [1.807, 2.05) is 6.20 Å². The van der Waals surface area contributed by atoms with Gasteiger partial charge in [0.1, 0.15) is 0 Å². The molecule has 1 aliphatic rings. The summed E-state index contributed by atoms with van der Waals surface area (Å²) in [4.78, 5) is 11.7. The van der Waals surface area contributed by atoms with Crippen molar-refractivity contribution < 1.29 is 0 Å². The Morgan fingerprint density at radius 3 is 2.70 bits per heavy atom. The molecule has 1 aliphatic heterocycles. The van der Waals surface area contributed by atoms with Crippen molar-refractivity contribution in [3.63, 3.8) is 0 Å². The van der Waals surface area contributed by atoms with E-state index in [4.69, 9.17) is 4.98 Å². The van der Waals surface area contributed by atoms with Crippen LogP contribution in [0, 0.1) is 12.8 Å². The van der Waals surface area contributed by atoms with Gasteiger partial charge in [-0.25, -0.2) is 9.97 Å². The average molecular weight is 276 g/mol. The van der Waals surface area contributed by atoms with Crippen LogP contribution in [0.2, 0.25) is 0 Å². The molecule has 0 saturated carbocycles. The fraction of sp³-hybridized carbons (Fsp3) is 0.750. The first-order chi connectivity index (χ1) is 9.49. The molecular weight excluding hydrogens is 248 g/mol. The molecule has 1 aromatic rings. The zero-order valence-electron chi connectivity index (χ0n) is 13.5. The molecule has 0 bridgehead atoms. The number of anilines is 1. The summed E-state index contributed by atoms with van der Waals surface area (Å²) in [6.45, 7) is 12.9. The highest BCUT2D eigenvalue weighted by molar-refractivity contribution is 5.36. The number of hydrogen-bond donors (Lipinski definition) is 1. The zero-order chi connectivity index (χ0) is 14.7. The molecule has 112 valence electrons. The van der Waals surface area contributed by atoms with Crippen LogP contribution in [-0.2, 0) is 6.54 Å². The van der Waals surface area contributed by atoms with Crippen molar-refractivity contribution in [2.24, 2.45) is 5.92 Å². The number of aromatic nitrogens is 2. The van der Waals surface area contributed by atoms with Crippen LogP contribution in [0.25, 0.3) is 0 Å². The van der Waals surface area contributed by atoms with Crippen LogP contribution >= 0.6 is 0 Å². The number of nitrogens with one attached hydrogen (secondary N) is 1. The Labute approximate surface area is 123 Å². The molecule has 1 N–H and O–H groups in total. The van der Waals surface area contributed by atoms with Gasteiger partial charge in [-0.3, -0.25) is 0 Å². The molecule has 0 aromatic carbocycles. The smallest absolute Gasteiger partial charge is 0.225 e. The van der Waals surface area contributed by atoms with Crippen LogP contribution < -0.4 is 10.2 Å². The van der Waals surface area contributed by atoms with Crippen LogP contribution in [0.15, 0.2) is 6.20 Å². The summed E-state index contributed by atoms with van der Waals surface area (Å²) >= 11 is 0. The van der Waals surface area contributed by atoms with Crippen molar-refractivity contribution in [2.75, 3.05) is 11.4 Å². The van der Waals surface area contributed by atoms with Gasteiger partial charge < -0.3 is 10.2 Å². The molecule has 4 heteroatoms. The zero-order valence-corrected chi connectivity index (χ0v) is 13.5. The van der Waals surface area contributed by atoms with Crippen molar-refractivity contribution in [2.45, 2.75) is 66.1 Å². The molecular formula is C16H28N4. The number of hydrogen-bond acceptors (Lipinski definition) is 4. The normalized spacial score (nSPS) is 19.4. The second-order valence-corrected chi connectivity index (χ2v) is 6.46. The van der Waals surface area contributed by atoms with Gasteiger partial charge in [0.05, 0.1) is 0 Å². The molecule has 0 radical (unpaired) electrons. The third-order valence-corrected chi connectivity index (χ3v) is 4.09. The highest BCUT2D eigenvalue weighted by Crippen LogP contribution is 2.27. The van der Waals surface area contributed by atoms with E-state index in [1.54, 1.807) is 0 Å². The standard InChI is InChI=1S/C16H28N4/c1-11(2)15-7-6-8-20(15)16-18-10-14(13(5)19-16)9-17-12(3)4/h10-12,15,17H,6-9H2,1-5H3. The maximum absolute atomic E-state index is 4.74. The van der Waals surface area contributed by atoms with E-state index in [1.165, 1.54) is 18.4 Å². The van der Waals surface area contributed by atoms with Gasteiger partial charge in [-0.05, 0) is 25.7 Å². The quantitative estimate of drug-likeness (QED) is 0.898. The Hall–Kier alpha value is -1.16. The number of rotatable bonds is 5. The summed E-state index contributed by atoms with van der Waals surface area (Å²) in [7, 11) is 0. The van der Waals surface area contributed by atoms with Crippen molar-refractivity contribution in [3.8, 4) is 0 Å². The molecule has 1 fully saturated rings. The maximum atomic E-state index is 4.74. The van der Waals surface area contributed by atoms with Crippen molar-refractivity contribution in [1.29, 1.82) is 0 Å². The van der Waals surface area contributed by atoms with Gasteiger partial charge in [-0.2, -0.15) is 0 Å². The number of nitrogens with zero attached hydrogens (tertiary/aromatic N) is 3. The Morgan fingerprint density at radius 1 is 1.35 bits per heavy atom. The van der Waals surface area contributed by atoms with E-state index < -0.39 is 0 Å². The molecule has 0 amide bonds. The highest BCUT2D eigenvalue weighted by atomic mass is 15.3. The SMILES string of the molecule is Cc1nc(N2CCCC2C(C)C)ncc1CNC(C)C. The maximum Gasteiger partial charge on any atom is 0.225 e. The minimum Gasteiger partial charge on any atom is -0.338 e. The van der Waals surface area contributed by atoms with Crippen LogP contribution in [0.5, 0.6) is 0 Å². The van der Waals surface area contributed by atoms with E-state index in [2.05, 4.69) is 49.8 Å². The first-order valence-electron chi connectivity index (χ1n) is 7.81. The lowest BCUT2D eigenvalue weighted by atomic mass is 10.0. The molecule has 2 rings (SSSR count). The van der Waals surface area contributed by atoms with Crippen molar-refractivity contribution in [3.05, 3.63) is 17.5 Å². The van der Waals surface area contributed by atoms with Gasteiger partial charge in [-0.1, -0.05) is 27.7 Å². The minimum absolute atomic E-state index is 0.484. The molecule has 1 aromatic heterocycles. The Kier molecular flexibility index (Phi) is 4.97. The topological polar surface area (TPSA) is 41.1 Å². The van der Waals surface area contributed by atoms with Crippen molar-refractivity contribution >= 4 is 5.95 Å². The minimum atomic E-state index is 0.484. The number of aryl methyl sites for hydroxylation is 1. The summed E-state index contributed by atoms with van der Waals surface area (Å²) in [6.07, 6.45) is 4.50. The fourth-order valence-corrected chi connectivity index (χ4v) is 2.84. The predicted molar refractivity (Wildman–Crippen MR) is 84.0 cm³/mol. The Bertz CT molecular complexity index is 442. The Morgan fingerprint density at radius 2 is 2.10 bits per heavy atom.